The monoisotopic (exact) mass is 558 g/mol. The first-order valence-electron chi connectivity index (χ1n) is 11.6. The molecule has 5 nitrogen and oxygen atoms in total. The Morgan fingerprint density at radius 2 is 1.82 bits per heavy atom. The predicted octanol–water partition coefficient (Wildman–Crippen LogP) is 6.03. The van der Waals surface area contributed by atoms with Gasteiger partial charge in [-0.05, 0) is 79.7 Å². The van der Waals surface area contributed by atoms with Crippen LogP contribution in [0.3, 0.4) is 0 Å². The average molecular weight is 560 g/mol. The van der Waals surface area contributed by atoms with E-state index in [2.05, 4.69) is 38.0 Å². The summed E-state index contributed by atoms with van der Waals surface area (Å²) in [5.74, 6) is -1.41. The Morgan fingerprint density at radius 1 is 1.18 bits per heavy atom. The Balaban J connectivity index is 1.77. The van der Waals surface area contributed by atoms with Gasteiger partial charge in [0.15, 0.2) is 0 Å². The summed E-state index contributed by atoms with van der Waals surface area (Å²) in [7, 11) is 0. The summed E-state index contributed by atoms with van der Waals surface area (Å²) in [5.41, 5.74) is -0.633. The number of amides is 1. The normalized spacial score (nSPS) is 17.7. The summed E-state index contributed by atoms with van der Waals surface area (Å²) in [4.78, 5) is 13.7. The van der Waals surface area contributed by atoms with Gasteiger partial charge in [-0.25, -0.2) is 13.6 Å². The number of rotatable bonds is 8. The Morgan fingerprint density at radius 3 is 2.38 bits per heavy atom. The van der Waals surface area contributed by atoms with Crippen molar-refractivity contribution >= 4 is 33.4 Å². The zero-order valence-electron chi connectivity index (χ0n) is 19.8. The van der Waals surface area contributed by atoms with E-state index >= 15 is 0 Å². The lowest BCUT2D eigenvalue weighted by Crippen LogP contribution is -2.53. The molecule has 0 unspecified atom stereocenters. The lowest BCUT2D eigenvalue weighted by atomic mass is 9.80. The number of aliphatic hydroxyl groups excluding tert-OH is 1. The number of alkyl carbamates (subject to hydrolysis) is 1. The van der Waals surface area contributed by atoms with Gasteiger partial charge in [0.2, 0.25) is 0 Å². The molecule has 9 heteroatoms. The van der Waals surface area contributed by atoms with E-state index in [1.54, 1.807) is 32.1 Å². The van der Waals surface area contributed by atoms with Crippen LogP contribution in [0.15, 0.2) is 34.1 Å². The van der Waals surface area contributed by atoms with E-state index in [1.165, 1.54) is 23.4 Å². The van der Waals surface area contributed by atoms with Gasteiger partial charge in [-0.2, -0.15) is 0 Å². The molecule has 2 atom stereocenters. The molecule has 0 spiro atoms. The number of nitrogens with one attached hydrogen (secondary N) is 2. The van der Waals surface area contributed by atoms with Crippen LogP contribution in [0.1, 0.15) is 63.3 Å². The zero-order valence-corrected chi connectivity index (χ0v) is 22.2. The highest BCUT2D eigenvalue weighted by Crippen LogP contribution is 2.41. The maximum Gasteiger partial charge on any atom is 0.407 e. The lowest BCUT2D eigenvalue weighted by Gasteiger charge is -2.39. The van der Waals surface area contributed by atoms with E-state index in [0.29, 0.717) is 5.56 Å². The van der Waals surface area contributed by atoms with Crippen molar-refractivity contribution in [1.29, 1.82) is 0 Å². The van der Waals surface area contributed by atoms with Crippen molar-refractivity contribution in [2.45, 2.75) is 82.6 Å². The van der Waals surface area contributed by atoms with Crippen LogP contribution in [0.4, 0.5) is 13.6 Å². The van der Waals surface area contributed by atoms with E-state index in [-0.39, 0.29) is 18.5 Å². The number of carbonyl (C=O) groups excluding carboxylic acids is 1. The van der Waals surface area contributed by atoms with Gasteiger partial charge in [0, 0.05) is 27.3 Å². The molecule has 34 heavy (non-hydrogen) atoms. The van der Waals surface area contributed by atoms with E-state index in [9.17, 15) is 18.7 Å². The van der Waals surface area contributed by atoms with Crippen molar-refractivity contribution in [3.8, 4) is 0 Å². The van der Waals surface area contributed by atoms with Crippen LogP contribution in [-0.4, -0.2) is 35.5 Å². The van der Waals surface area contributed by atoms with Crippen molar-refractivity contribution < 1.29 is 23.4 Å². The Labute approximate surface area is 212 Å². The second-order valence-electron chi connectivity index (χ2n) is 9.95. The number of thiophene rings is 1. The van der Waals surface area contributed by atoms with Crippen LogP contribution in [0, 0.1) is 11.6 Å². The second-order valence-corrected chi connectivity index (χ2v) is 11.8. The van der Waals surface area contributed by atoms with Gasteiger partial charge in [-0.15, -0.1) is 11.3 Å². The Hall–Kier alpha value is -1.55. The molecular formula is C25H33BrF2N2O3S. The second kappa shape index (κ2) is 11.5. The minimum Gasteiger partial charge on any atom is -0.444 e. The van der Waals surface area contributed by atoms with Crippen LogP contribution < -0.4 is 10.6 Å². The molecule has 1 heterocycles. The van der Waals surface area contributed by atoms with Gasteiger partial charge in [-0.1, -0.05) is 19.3 Å². The molecule has 0 radical (unpaired) electrons. The quantitative estimate of drug-likeness (QED) is 0.369. The summed E-state index contributed by atoms with van der Waals surface area (Å²) in [6, 6.07) is 4.52. The van der Waals surface area contributed by atoms with Crippen LogP contribution >= 0.6 is 27.3 Å². The molecule has 3 N–H and O–H groups in total. The third-order valence-corrected chi connectivity index (χ3v) is 7.84. The molecule has 1 aromatic heterocycles. The van der Waals surface area contributed by atoms with Crippen molar-refractivity contribution in [3.05, 3.63) is 56.2 Å². The van der Waals surface area contributed by atoms with Gasteiger partial charge in [0.1, 0.15) is 17.2 Å². The summed E-state index contributed by atoms with van der Waals surface area (Å²) >= 11 is 5.21. The molecule has 0 aliphatic heterocycles. The molecule has 0 bridgehead atoms. The van der Waals surface area contributed by atoms with Crippen LogP contribution in [0.5, 0.6) is 0 Å². The smallest absolute Gasteiger partial charge is 0.407 e. The number of aliphatic hydroxyl groups is 1. The summed E-state index contributed by atoms with van der Waals surface area (Å²) < 4.78 is 33.9. The fourth-order valence-corrected chi connectivity index (χ4v) is 6.06. The molecular weight excluding hydrogens is 526 g/mol. The highest BCUT2D eigenvalue weighted by Gasteiger charge is 2.36. The molecule has 1 amide bonds. The van der Waals surface area contributed by atoms with E-state index < -0.39 is 35.5 Å². The highest BCUT2D eigenvalue weighted by atomic mass is 79.9. The Bertz CT molecular complexity index is 953. The van der Waals surface area contributed by atoms with Gasteiger partial charge >= 0.3 is 6.09 Å². The van der Waals surface area contributed by atoms with Gasteiger partial charge in [-0.3, -0.25) is 0 Å². The molecule has 1 aromatic carbocycles. The van der Waals surface area contributed by atoms with Crippen LogP contribution in [-0.2, 0) is 16.7 Å². The first-order valence-corrected chi connectivity index (χ1v) is 13.3. The largest absolute Gasteiger partial charge is 0.444 e. The topological polar surface area (TPSA) is 70.6 Å². The minimum atomic E-state index is -1.01. The van der Waals surface area contributed by atoms with Gasteiger partial charge in [0.25, 0.3) is 0 Å². The van der Waals surface area contributed by atoms with E-state index in [1.807, 2.05) is 0 Å². The third-order valence-electron chi connectivity index (χ3n) is 5.94. The maximum atomic E-state index is 13.8. The molecule has 1 fully saturated rings. The first-order chi connectivity index (χ1) is 16.0. The summed E-state index contributed by atoms with van der Waals surface area (Å²) in [6.07, 6.45) is 3.59. The fraction of sp³-hybridized carbons (Fsp3) is 0.560. The van der Waals surface area contributed by atoms with Crippen LogP contribution in [0.2, 0.25) is 0 Å². The predicted molar refractivity (Wildman–Crippen MR) is 134 cm³/mol. The number of hydrogen-bond donors (Lipinski definition) is 3. The molecule has 1 aliphatic carbocycles. The first kappa shape index (κ1) is 27.0. The molecule has 188 valence electrons. The standard InChI is InChI=1S/C25H33BrF2N2O3S/c1-24(2,3)33-23(32)30-20(11-16-9-18(27)13-19(28)10-16)21(31)14-29-25(7-5-4-6-8-25)22-12-17(26)15-34-22/h9-10,12-13,15,20-21,29,31H,4-8,11,14H2,1-3H3,(H,30,32)/t20-,21+/m0/s1. The summed E-state index contributed by atoms with van der Waals surface area (Å²) in [5, 5.41) is 19.5. The summed E-state index contributed by atoms with van der Waals surface area (Å²) in [6.45, 7) is 5.43. The SMILES string of the molecule is CC(C)(C)OC(=O)N[C@@H](Cc1cc(F)cc(F)c1)[C@H](O)CNC1(c2cc(Br)cs2)CCCCC1. The number of benzene rings is 1. The molecule has 2 aromatic rings. The molecule has 0 saturated heterocycles. The van der Waals surface area contributed by atoms with E-state index in [0.717, 1.165) is 36.2 Å². The van der Waals surface area contributed by atoms with Gasteiger partial charge in [0.05, 0.1) is 17.7 Å². The zero-order chi connectivity index (χ0) is 24.9. The fourth-order valence-electron chi connectivity index (χ4n) is 4.40. The van der Waals surface area contributed by atoms with Crippen molar-refractivity contribution in [1.82, 2.24) is 10.6 Å². The maximum absolute atomic E-state index is 13.8. The Kier molecular flexibility index (Phi) is 9.11. The van der Waals surface area contributed by atoms with Crippen molar-refractivity contribution in [3.63, 3.8) is 0 Å². The van der Waals surface area contributed by atoms with Crippen LogP contribution in [0.25, 0.3) is 0 Å². The molecule has 1 saturated carbocycles. The third kappa shape index (κ3) is 7.73. The van der Waals surface area contributed by atoms with Gasteiger partial charge < -0.3 is 20.5 Å². The van der Waals surface area contributed by atoms with E-state index in [4.69, 9.17) is 4.74 Å². The lowest BCUT2D eigenvalue weighted by molar-refractivity contribution is 0.0408. The average Bonchev–Trinajstić information content (AvgIpc) is 3.17. The number of carbonyl (C=O) groups is 1. The minimum absolute atomic E-state index is 0.0499. The number of hydrogen-bond acceptors (Lipinski definition) is 5. The molecule has 3 rings (SSSR count). The van der Waals surface area contributed by atoms with Crippen molar-refractivity contribution in [2.24, 2.45) is 0 Å². The number of ether oxygens (including phenoxy) is 1. The molecule has 1 aliphatic rings. The van der Waals surface area contributed by atoms with Crippen molar-refractivity contribution in [2.75, 3.05) is 6.54 Å². The highest BCUT2D eigenvalue weighted by molar-refractivity contribution is 9.10. The number of halogens is 3.